The molecule has 7 nitrogen and oxygen atoms in total. The van der Waals surface area contributed by atoms with Crippen LogP contribution in [0.15, 0.2) is 37.5 Å². The van der Waals surface area contributed by atoms with Gasteiger partial charge in [0.05, 0.1) is 48.8 Å². The van der Waals surface area contributed by atoms with E-state index in [0.717, 1.165) is 12.0 Å². The molecule has 0 amide bonds. The molecule has 1 heterocycles. The Labute approximate surface area is 225 Å². The average molecular weight is 525 g/mol. The largest absolute Gasteiger partial charge is 0.373 e. The smallest absolute Gasteiger partial charge is 0.186 e. The molecule has 1 aliphatic rings. The minimum absolute atomic E-state index is 0.0534. The van der Waals surface area contributed by atoms with Crippen molar-refractivity contribution in [3.8, 4) is 0 Å². The Hall–Kier alpha value is -1.35. The number of rotatable bonds is 18. The van der Waals surface area contributed by atoms with Crippen molar-refractivity contribution in [3.63, 3.8) is 0 Å². The molecule has 3 unspecified atom stereocenters. The first-order chi connectivity index (χ1) is 17.0. The van der Waals surface area contributed by atoms with Crippen molar-refractivity contribution in [2.75, 3.05) is 26.9 Å². The lowest BCUT2D eigenvalue weighted by molar-refractivity contribution is -0.241. The lowest BCUT2D eigenvalue weighted by Gasteiger charge is -2.40. The van der Waals surface area contributed by atoms with E-state index in [2.05, 4.69) is 33.6 Å². The third-order valence-corrected chi connectivity index (χ3v) is 6.87. The first-order valence-corrected chi connectivity index (χ1v) is 13.2. The summed E-state index contributed by atoms with van der Waals surface area (Å²) in [7, 11) is 1.64. The van der Waals surface area contributed by atoms with Crippen molar-refractivity contribution in [3.05, 3.63) is 37.5 Å². The standard InChI is InChI=1S/C30H52O7/c1-13-22(3)29(8,9)33-17-15-27(4,5)35-21-24-19-23(20-26(32-12)36-24)37-28(6,7)16-18-34-30(10,11)25(31)14-2/h13-14,23-24,26H,1-3,15-21H2,4-12H3. The highest BCUT2D eigenvalue weighted by atomic mass is 16.7. The number of carbonyl (C=O) groups excluding carboxylic acids is 1. The Morgan fingerprint density at radius 1 is 0.865 bits per heavy atom. The fourth-order valence-electron chi connectivity index (χ4n) is 3.95. The van der Waals surface area contributed by atoms with Gasteiger partial charge in [0.1, 0.15) is 5.60 Å². The second kappa shape index (κ2) is 14.2. The zero-order valence-corrected chi connectivity index (χ0v) is 24.8. The summed E-state index contributed by atoms with van der Waals surface area (Å²) in [6.07, 6.45) is 5.15. The molecule has 0 saturated carbocycles. The van der Waals surface area contributed by atoms with Crippen LogP contribution in [-0.4, -0.2) is 73.6 Å². The summed E-state index contributed by atoms with van der Waals surface area (Å²) in [6, 6.07) is 0. The van der Waals surface area contributed by atoms with Crippen molar-refractivity contribution in [1.29, 1.82) is 0 Å². The molecule has 0 aromatic heterocycles. The van der Waals surface area contributed by atoms with Crippen LogP contribution in [0.4, 0.5) is 0 Å². The van der Waals surface area contributed by atoms with Gasteiger partial charge in [0.25, 0.3) is 0 Å². The normalized spacial score (nSPS) is 21.5. The Kier molecular flexibility index (Phi) is 12.9. The third-order valence-electron chi connectivity index (χ3n) is 6.87. The van der Waals surface area contributed by atoms with E-state index < -0.39 is 22.4 Å². The van der Waals surface area contributed by atoms with Crippen molar-refractivity contribution < 1.29 is 33.2 Å². The van der Waals surface area contributed by atoms with Crippen LogP contribution in [0.25, 0.3) is 0 Å². The summed E-state index contributed by atoms with van der Waals surface area (Å²) in [6.45, 7) is 28.4. The van der Waals surface area contributed by atoms with Crippen molar-refractivity contribution in [2.24, 2.45) is 0 Å². The summed E-state index contributed by atoms with van der Waals surface area (Å²) >= 11 is 0. The monoisotopic (exact) mass is 524 g/mol. The predicted molar refractivity (Wildman–Crippen MR) is 148 cm³/mol. The summed E-state index contributed by atoms with van der Waals surface area (Å²) in [5.74, 6) is -0.137. The average Bonchev–Trinajstić information content (AvgIpc) is 2.80. The molecule has 3 atom stereocenters. The minimum atomic E-state index is -0.896. The maximum Gasteiger partial charge on any atom is 0.186 e. The summed E-state index contributed by atoms with van der Waals surface area (Å²) in [5.41, 5.74) is -1.35. The topological polar surface area (TPSA) is 72.5 Å². The van der Waals surface area contributed by atoms with Gasteiger partial charge < -0.3 is 28.4 Å². The molecule has 0 bridgehead atoms. The van der Waals surface area contributed by atoms with E-state index in [4.69, 9.17) is 28.4 Å². The van der Waals surface area contributed by atoms with Crippen molar-refractivity contribution >= 4 is 5.78 Å². The fourth-order valence-corrected chi connectivity index (χ4v) is 3.95. The molecular weight excluding hydrogens is 472 g/mol. The molecule has 37 heavy (non-hydrogen) atoms. The fraction of sp³-hybridized carbons (Fsp3) is 0.767. The first-order valence-electron chi connectivity index (χ1n) is 13.2. The highest BCUT2D eigenvalue weighted by Crippen LogP contribution is 2.30. The van der Waals surface area contributed by atoms with Crippen LogP contribution in [0.2, 0.25) is 0 Å². The molecular formula is C30H52O7. The first kappa shape index (κ1) is 33.7. The van der Waals surface area contributed by atoms with Crippen molar-refractivity contribution in [2.45, 2.75) is 122 Å². The molecule has 1 aliphatic heterocycles. The van der Waals surface area contributed by atoms with Crippen LogP contribution in [0.5, 0.6) is 0 Å². The molecule has 0 aromatic rings. The molecule has 0 radical (unpaired) electrons. The Morgan fingerprint density at radius 3 is 1.97 bits per heavy atom. The highest BCUT2D eigenvalue weighted by Gasteiger charge is 2.36. The van der Waals surface area contributed by atoms with Gasteiger partial charge in [0.15, 0.2) is 12.1 Å². The second-order valence-electron chi connectivity index (χ2n) is 12.0. The number of methoxy groups -OCH3 is 1. The maximum absolute atomic E-state index is 12.0. The molecule has 0 N–H and O–H groups in total. The molecule has 1 fully saturated rings. The lowest BCUT2D eigenvalue weighted by atomic mass is 9.99. The van der Waals surface area contributed by atoms with Gasteiger partial charge in [0, 0.05) is 20.0 Å². The van der Waals surface area contributed by atoms with Gasteiger partial charge in [-0.25, -0.2) is 0 Å². The molecule has 0 aliphatic carbocycles. The molecule has 0 aromatic carbocycles. The van der Waals surface area contributed by atoms with Gasteiger partial charge in [-0.3, -0.25) is 4.79 Å². The van der Waals surface area contributed by atoms with Gasteiger partial charge in [-0.1, -0.05) is 25.8 Å². The number of ketones is 1. The SMILES string of the molecule is C=CC(=C)C(C)(C)OCCC(C)(C)OCC1CC(OC(C)(C)CCOC(C)(C)C(=O)C=C)CC(OC)O1. The quantitative estimate of drug-likeness (QED) is 0.162. The number of hydrogen-bond donors (Lipinski definition) is 0. The molecule has 0 spiro atoms. The summed E-state index contributed by atoms with van der Waals surface area (Å²) in [5, 5.41) is 0. The van der Waals surface area contributed by atoms with Gasteiger partial charge >= 0.3 is 0 Å². The van der Waals surface area contributed by atoms with Gasteiger partial charge in [-0.05, 0) is 79.9 Å². The number of carbonyl (C=O) groups is 1. The van der Waals surface area contributed by atoms with E-state index >= 15 is 0 Å². The third kappa shape index (κ3) is 11.9. The van der Waals surface area contributed by atoms with Gasteiger partial charge in [-0.2, -0.15) is 0 Å². The lowest BCUT2D eigenvalue weighted by Crippen LogP contribution is -2.45. The van der Waals surface area contributed by atoms with Gasteiger partial charge in [0.2, 0.25) is 0 Å². The second-order valence-corrected chi connectivity index (χ2v) is 12.0. The van der Waals surface area contributed by atoms with E-state index in [1.54, 1.807) is 27.0 Å². The zero-order valence-electron chi connectivity index (χ0n) is 24.8. The molecule has 1 rings (SSSR count). The van der Waals surface area contributed by atoms with E-state index in [0.29, 0.717) is 39.1 Å². The Balaban J connectivity index is 2.60. The summed E-state index contributed by atoms with van der Waals surface area (Å²) in [4.78, 5) is 12.0. The maximum atomic E-state index is 12.0. The Bertz CT molecular complexity index is 766. The van der Waals surface area contributed by atoms with Gasteiger partial charge in [-0.15, -0.1) is 0 Å². The van der Waals surface area contributed by atoms with Crippen molar-refractivity contribution in [1.82, 2.24) is 0 Å². The molecule has 7 heteroatoms. The van der Waals surface area contributed by atoms with E-state index in [9.17, 15) is 4.79 Å². The van der Waals surface area contributed by atoms with E-state index in [-0.39, 0.29) is 24.3 Å². The molecule has 214 valence electrons. The van der Waals surface area contributed by atoms with E-state index in [1.807, 2.05) is 27.7 Å². The van der Waals surface area contributed by atoms with E-state index in [1.165, 1.54) is 6.08 Å². The predicted octanol–water partition coefficient (Wildman–Crippen LogP) is 5.96. The van der Waals surface area contributed by atoms with Crippen LogP contribution in [0, 0.1) is 0 Å². The highest BCUT2D eigenvalue weighted by molar-refractivity contribution is 5.95. The van der Waals surface area contributed by atoms with Crippen LogP contribution in [0.3, 0.4) is 0 Å². The molecule has 1 saturated heterocycles. The van der Waals surface area contributed by atoms with Crippen LogP contribution in [-0.2, 0) is 33.2 Å². The zero-order chi connectivity index (χ0) is 28.5. The van der Waals surface area contributed by atoms with Crippen LogP contribution >= 0.6 is 0 Å². The minimum Gasteiger partial charge on any atom is -0.373 e. The Morgan fingerprint density at radius 2 is 1.43 bits per heavy atom. The van der Waals surface area contributed by atoms with Crippen LogP contribution in [0.1, 0.15) is 81.1 Å². The van der Waals surface area contributed by atoms with Crippen LogP contribution < -0.4 is 0 Å². The summed E-state index contributed by atoms with van der Waals surface area (Å²) < 4.78 is 36.2. The number of hydrogen-bond acceptors (Lipinski definition) is 7. The number of ether oxygens (including phenoxy) is 6.